The summed E-state index contributed by atoms with van der Waals surface area (Å²) < 4.78 is 7.13. The van der Waals surface area contributed by atoms with Crippen molar-refractivity contribution in [3.05, 3.63) is 176 Å². The second kappa shape index (κ2) is 13.3. The molecule has 0 bridgehead atoms. The standard InChI is InChI=1S/C51H28N6S2/c52-28-30-9-8-12-34(23-30)50-54-49(31-10-2-1-3-11-31)55-51(56-50)42-27-35(26-41-38-21-22-53-29-47(38)59-48(41)42)57-43-15-6-4-13-36(43)39-24-32(17-19-44(39)57)33-18-20-46-40(25-33)37-14-5-7-16-45(37)58-46/h1-27,29H. The summed E-state index contributed by atoms with van der Waals surface area (Å²) in [5.74, 6) is 1.62. The molecule has 274 valence electrons. The van der Waals surface area contributed by atoms with Gasteiger partial charge in [-0.1, -0.05) is 91.0 Å². The summed E-state index contributed by atoms with van der Waals surface area (Å²) in [4.78, 5) is 19.8. The van der Waals surface area contributed by atoms with E-state index in [2.05, 4.69) is 119 Å². The predicted octanol–water partition coefficient (Wildman–Crippen LogP) is 13.6. The van der Waals surface area contributed by atoms with Crippen molar-refractivity contribution < 1.29 is 0 Å². The van der Waals surface area contributed by atoms with E-state index in [1.54, 1.807) is 17.4 Å². The summed E-state index contributed by atoms with van der Waals surface area (Å²) in [5, 5.41) is 16.9. The number of hydrogen-bond donors (Lipinski definition) is 0. The summed E-state index contributed by atoms with van der Waals surface area (Å²) in [6.45, 7) is 0. The molecule has 0 saturated heterocycles. The van der Waals surface area contributed by atoms with E-state index in [9.17, 15) is 5.26 Å². The van der Waals surface area contributed by atoms with Gasteiger partial charge in [-0.15, -0.1) is 22.7 Å². The quantitative estimate of drug-likeness (QED) is 0.173. The highest BCUT2D eigenvalue weighted by Gasteiger charge is 2.21. The van der Waals surface area contributed by atoms with Crippen molar-refractivity contribution in [3.8, 4) is 57.0 Å². The normalized spacial score (nSPS) is 11.7. The van der Waals surface area contributed by atoms with Crippen LogP contribution in [0.4, 0.5) is 0 Å². The smallest absolute Gasteiger partial charge is 0.165 e. The van der Waals surface area contributed by atoms with Crippen LogP contribution in [0.25, 0.3) is 113 Å². The average Bonchev–Trinajstić information content (AvgIpc) is 3.98. The van der Waals surface area contributed by atoms with E-state index in [4.69, 9.17) is 15.0 Å². The van der Waals surface area contributed by atoms with E-state index >= 15 is 0 Å². The van der Waals surface area contributed by atoms with Gasteiger partial charge in [0.2, 0.25) is 0 Å². The molecule has 0 aliphatic heterocycles. The van der Waals surface area contributed by atoms with Crippen LogP contribution < -0.4 is 0 Å². The Bertz CT molecular complexity index is 3700. The zero-order valence-electron chi connectivity index (χ0n) is 31.2. The first-order valence-corrected chi connectivity index (χ1v) is 20.9. The van der Waals surface area contributed by atoms with E-state index in [1.807, 2.05) is 72.3 Å². The number of nitrogens with zero attached hydrogens (tertiary/aromatic N) is 6. The summed E-state index contributed by atoms with van der Waals surface area (Å²) in [5.41, 5.74) is 8.67. The first-order chi connectivity index (χ1) is 29.2. The number of rotatable bonds is 5. The van der Waals surface area contributed by atoms with Gasteiger partial charge in [0.05, 0.1) is 27.4 Å². The van der Waals surface area contributed by atoms with E-state index in [0.717, 1.165) is 53.6 Å². The van der Waals surface area contributed by atoms with Gasteiger partial charge in [-0.3, -0.25) is 4.98 Å². The Kier molecular flexibility index (Phi) is 7.54. The molecule has 12 aromatic rings. The topological polar surface area (TPSA) is 80.3 Å². The first kappa shape index (κ1) is 33.6. The highest BCUT2D eigenvalue weighted by atomic mass is 32.1. The summed E-state index contributed by atoms with van der Waals surface area (Å²) >= 11 is 3.54. The molecule has 0 amide bonds. The molecule has 0 atom stereocenters. The van der Waals surface area contributed by atoms with Crippen LogP contribution in [0.1, 0.15) is 5.56 Å². The molecule has 59 heavy (non-hydrogen) atoms. The summed E-state index contributed by atoms with van der Waals surface area (Å²) in [7, 11) is 0. The zero-order chi connectivity index (χ0) is 39.0. The fourth-order valence-corrected chi connectivity index (χ4v) is 10.7. The number of fused-ring (bicyclic) bond motifs is 9. The van der Waals surface area contributed by atoms with Gasteiger partial charge in [0.1, 0.15) is 0 Å². The Balaban J connectivity index is 1.10. The van der Waals surface area contributed by atoms with Crippen molar-refractivity contribution >= 4 is 84.8 Å². The maximum atomic E-state index is 9.76. The van der Waals surface area contributed by atoms with E-state index in [-0.39, 0.29) is 0 Å². The third-order valence-electron chi connectivity index (χ3n) is 11.2. The number of aromatic nitrogens is 5. The average molecular weight is 789 g/mol. The second-order valence-electron chi connectivity index (χ2n) is 14.6. The summed E-state index contributed by atoms with van der Waals surface area (Å²) in [6, 6.07) is 57.3. The molecular weight excluding hydrogens is 761 g/mol. The van der Waals surface area contributed by atoms with Crippen molar-refractivity contribution in [1.29, 1.82) is 5.26 Å². The van der Waals surface area contributed by atoms with Crippen LogP contribution in [0, 0.1) is 11.3 Å². The molecule has 0 unspecified atom stereocenters. The van der Waals surface area contributed by atoms with Crippen LogP contribution >= 0.6 is 22.7 Å². The molecule has 0 fully saturated rings. The molecule has 5 aromatic heterocycles. The number of thiophene rings is 2. The lowest BCUT2D eigenvalue weighted by atomic mass is 10.0. The molecule has 0 N–H and O–H groups in total. The van der Waals surface area contributed by atoms with Crippen LogP contribution in [0.15, 0.2) is 170 Å². The third-order valence-corrected chi connectivity index (χ3v) is 13.5. The lowest BCUT2D eigenvalue weighted by molar-refractivity contribution is 1.07. The van der Waals surface area contributed by atoms with Gasteiger partial charge in [-0.2, -0.15) is 5.26 Å². The fraction of sp³-hybridized carbons (Fsp3) is 0. The Labute approximate surface area is 345 Å². The monoisotopic (exact) mass is 788 g/mol. The third kappa shape index (κ3) is 5.44. The Hall–Kier alpha value is -7.57. The van der Waals surface area contributed by atoms with Crippen molar-refractivity contribution in [2.24, 2.45) is 0 Å². The molecule has 6 nitrogen and oxygen atoms in total. The van der Waals surface area contributed by atoms with Gasteiger partial charge in [0, 0.05) is 81.2 Å². The van der Waals surface area contributed by atoms with Crippen molar-refractivity contribution in [1.82, 2.24) is 24.5 Å². The van der Waals surface area contributed by atoms with Crippen LogP contribution in [0.5, 0.6) is 0 Å². The Morgan fingerprint density at radius 2 is 1.15 bits per heavy atom. The molecular formula is C51H28N6S2. The molecule has 12 rings (SSSR count). The highest BCUT2D eigenvalue weighted by molar-refractivity contribution is 7.26. The van der Waals surface area contributed by atoms with E-state index < -0.39 is 0 Å². The number of nitriles is 1. The molecule has 0 aliphatic carbocycles. The minimum atomic E-state index is 0.505. The van der Waals surface area contributed by atoms with Crippen molar-refractivity contribution in [3.63, 3.8) is 0 Å². The Morgan fingerprint density at radius 1 is 0.458 bits per heavy atom. The van der Waals surface area contributed by atoms with Crippen LogP contribution in [0.3, 0.4) is 0 Å². The molecule has 0 saturated carbocycles. The highest BCUT2D eigenvalue weighted by Crippen LogP contribution is 2.44. The number of hydrogen-bond acceptors (Lipinski definition) is 7. The van der Waals surface area contributed by atoms with Gasteiger partial charge in [0.15, 0.2) is 17.5 Å². The second-order valence-corrected chi connectivity index (χ2v) is 16.7. The maximum Gasteiger partial charge on any atom is 0.165 e. The minimum absolute atomic E-state index is 0.505. The van der Waals surface area contributed by atoms with E-state index in [1.165, 1.54) is 42.1 Å². The molecule has 0 aliphatic rings. The van der Waals surface area contributed by atoms with Gasteiger partial charge >= 0.3 is 0 Å². The SMILES string of the molecule is N#Cc1cccc(-c2nc(-c3ccccc3)nc(-c3cc(-n4c5ccccc5c5cc(-c6ccc7sc8ccccc8c7c6)ccc54)cc4c3sc3cnccc34)n2)c1. The lowest BCUT2D eigenvalue weighted by Crippen LogP contribution is -2.01. The minimum Gasteiger partial charge on any atom is -0.309 e. The molecule has 0 radical (unpaired) electrons. The number of para-hydroxylation sites is 1. The van der Waals surface area contributed by atoms with Crippen LogP contribution in [-0.4, -0.2) is 24.5 Å². The Morgan fingerprint density at radius 3 is 2.03 bits per heavy atom. The largest absolute Gasteiger partial charge is 0.309 e. The van der Waals surface area contributed by atoms with Crippen LogP contribution in [-0.2, 0) is 0 Å². The molecule has 0 spiro atoms. The van der Waals surface area contributed by atoms with Gasteiger partial charge in [-0.25, -0.2) is 15.0 Å². The fourth-order valence-electron chi connectivity index (χ4n) is 8.42. The van der Waals surface area contributed by atoms with Gasteiger partial charge in [-0.05, 0) is 77.9 Å². The molecule has 7 aromatic carbocycles. The van der Waals surface area contributed by atoms with Crippen molar-refractivity contribution in [2.75, 3.05) is 0 Å². The van der Waals surface area contributed by atoms with E-state index in [0.29, 0.717) is 23.0 Å². The predicted molar refractivity (Wildman–Crippen MR) is 244 cm³/mol. The number of pyridine rings is 1. The first-order valence-electron chi connectivity index (χ1n) is 19.2. The van der Waals surface area contributed by atoms with Gasteiger partial charge < -0.3 is 4.57 Å². The number of benzene rings is 7. The molecule has 8 heteroatoms. The van der Waals surface area contributed by atoms with Crippen molar-refractivity contribution in [2.45, 2.75) is 0 Å². The lowest BCUT2D eigenvalue weighted by Gasteiger charge is -2.13. The summed E-state index contributed by atoms with van der Waals surface area (Å²) in [6.07, 6.45) is 3.79. The van der Waals surface area contributed by atoms with Gasteiger partial charge in [0.25, 0.3) is 0 Å². The maximum absolute atomic E-state index is 9.76. The van der Waals surface area contributed by atoms with Crippen LogP contribution in [0.2, 0.25) is 0 Å². The zero-order valence-corrected chi connectivity index (χ0v) is 32.8. The molecule has 5 heterocycles.